The van der Waals surface area contributed by atoms with Crippen LogP contribution in [-0.4, -0.2) is 35.1 Å². The van der Waals surface area contributed by atoms with Gasteiger partial charge in [0, 0.05) is 29.0 Å². The minimum Gasteiger partial charge on any atom is -0.466 e. The number of carbonyl (C=O) groups excluding carboxylic acids is 2. The summed E-state index contributed by atoms with van der Waals surface area (Å²) in [5.74, 6) is -1.27. The molecular formula is C18H17N3O4. The van der Waals surface area contributed by atoms with Crippen molar-refractivity contribution in [2.75, 3.05) is 12.4 Å². The number of rotatable bonds is 5. The number of aromatic amines is 1. The van der Waals surface area contributed by atoms with Crippen molar-refractivity contribution in [3.05, 3.63) is 54.5 Å². The van der Waals surface area contributed by atoms with Crippen molar-refractivity contribution in [3.63, 3.8) is 0 Å². The molecule has 0 aliphatic carbocycles. The standard InChI is InChI=1S/C18H17N3O4/c1-11(17(22)24-2)25-18(23)16-15(20-12-7-9-19-10-8-12)13-5-3-4-6-14(13)21-16/h3-11,21H,1-2H3,(H,19,20)/t11-/m0/s1. The van der Waals surface area contributed by atoms with Crippen LogP contribution >= 0.6 is 0 Å². The van der Waals surface area contributed by atoms with Crippen molar-refractivity contribution in [1.29, 1.82) is 0 Å². The SMILES string of the molecule is COC(=O)[C@H](C)OC(=O)c1[nH]c2ccccc2c1Nc1ccncc1. The summed E-state index contributed by atoms with van der Waals surface area (Å²) in [5, 5.41) is 4.04. The summed E-state index contributed by atoms with van der Waals surface area (Å²) in [7, 11) is 1.24. The molecule has 1 atom stereocenters. The zero-order valence-electron chi connectivity index (χ0n) is 13.8. The highest BCUT2D eigenvalue weighted by Crippen LogP contribution is 2.31. The van der Waals surface area contributed by atoms with Crippen LogP contribution in [-0.2, 0) is 14.3 Å². The molecule has 2 N–H and O–H groups in total. The van der Waals surface area contributed by atoms with E-state index in [2.05, 4.69) is 20.0 Å². The summed E-state index contributed by atoms with van der Waals surface area (Å²) in [6.45, 7) is 1.46. The Hall–Kier alpha value is -3.35. The van der Waals surface area contributed by atoms with Crippen LogP contribution in [0.25, 0.3) is 10.9 Å². The highest BCUT2D eigenvalue weighted by molar-refractivity contribution is 6.07. The van der Waals surface area contributed by atoms with Gasteiger partial charge in [-0.05, 0) is 25.1 Å². The van der Waals surface area contributed by atoms with E-state index in [0.717, 1.165) is 16.6 Å². The molecule has 0 unspecified atom stereocenters. The van der Waals surface area contributed by atoms with Gasteiger partial charge in [0.1, 0.15) is 5.69 Å². The molecule has 0 saturated carbocycles. The first-order chi connectivity index (χ1) is 12.1. The maximum absolute atomic E-state index is 12.5. The summed E-state index contributed by atoms with van der Waals surface area (Å²) in [6, 6.07) is 11.0. The van der Waals surface area contributed by atoms with E-state index in [1.807, 2.05) is 24.3 Å². The molecule has 0 saturated heterocycles. The number of fused-ring (bicyclic) bond motifs is 1. The lowest BCUT2D eigenvalue weighted by Crippen LogP contribution is -2.25. The zero-order chi connectivity index (χ0) is 17.8. The second-order valence-corrected chi connectivity index (χ2v) is 5.35. The second kappa shape index (κ2) is 7.04. The molecule has 3 aromatic rings. The Kier molecular flexibility index (Phi) is 4.65. The molecule has 0 aliphatic heterocycles. The van der Waals surface area contributed by atoms with Crippen LogP contribution < -0.4 is 5.32 Å². The number of pyridine rings is 1. The van der Waals surface area contributed by atoms with Crippen molar-refractivity contribution in [2.24, 2.45) is 0 Å². The van der Waals surface area contributed by atoms with E-state index >= 15 is 0 Å². The fraction of sp³-hybridized carbons (Fsp3) is 0.167. The molecule has 2 aromatic heterocycles. The summed E-state index contributed by atoms with van der Waals surface area (Å²) >= 11 is 0. The Morgan fingerprint density at radius 3 is 2.60 bits per heavy atom. The van der Waals surface area contributed by atoms with E-state index in [0.29, 0.717) is 5.69 Å². The highest BCUT2D eigenvalue weighted by Gasteiger charge is 2.24. The van der Waals surface area contributed by atoms with Gasteiger partial charge in [0.25, 0.3) is 0 Å². The van der Waals surface area contributed by atoms with Crippen molar-refractivity contribution < 1.29 is 19.1 Å². The fourth-order valence-electron chi connectivity index (χ4n) is 2.44. The smallest absolute Gasteiger partial charge is 0.357 e. The number of ether oxygens (including phenoxy) is 2. The Morgan fingerprint density at radius 2 is 1.88 bits per heavy atom. The topological polar surface area (TPSA) is 93.3 Å². The monoisotopic (exact) mass is 339 g/mol. The van der Waals surface area contributed by atoms with Gasteiger partial charge in [0.2, 0.25) is 0 Å². The lowest BCUT2D eigenvalue weighted by molar-refractivity contribution is -0.149. The van der Waals surface area contributed by atoms with Crippen LogP contribution in [0, 0.1) is 0 Å². The van der Waals surface area contributed by atoms with E-state index in [1.54, 1.807) is 24.5 Å². The number of aromatic nitrogens is 2. The van der Waals surface area contributed by atoms with Gasteiger partial charge < -0.3 is 19.8 Å². The Bertz CT molecular complexity index is 905. The first-order valence-electron chi connectivity index (χ1n) is 7.66. The third-order valence-corrected chi connectivity index (χ3v) is 3.68. The first kappa shape index (κ1) is 16.5. The first-order valence-corrected chi connectivity index (χ1v) is 7.66. The summed E-state index contributed by atoms with van der Waals surface area (Å²) in [4.78, 5) is 31.1. The van der Waals surface area contributed by atoms with E-state index in [9.17, 15) is 9.59 Å². The molecule has 25 heavy (non-hydrogen) atoms. The Labute approximate surface area is 144 Å². The molecule has 0 aliphatic rings. The molecule has 0 amide bonds. The minimum atomic E-state index is -1.00. The number of hydrogen-bond donors (Lipinski definition) is 2. The van der Waals surface area contributed by atoms with Gasteiger partial charge >= 0.3 is 11.9 Å². The van der Waals surface area contributed by atoms with Crippen molar-refractivity contribution in [1.82, 2.24) is 9.97 Å². The number of nitrogens with zero attached hydrogens (tertiary/aromatic N) is 1. The Morgan fingerprint density at radius 1 is 1.16 bits per heavy atom. The lowest BCUT2D eigenvalue weighted by Gasteiger charge is -2.12. The van der Waals surface area contributed by atoms with Gasteiger partial charge in [-0.15, -0.1) is 0 Å². The van der Waals surface area contributed by atoms with Gasteiger partial charge in [-0.25, -0.2) is 9.59 Å². The van der Waals surface area contributed by atoms with Gasteiger partial charge in [-0.1, -0.05) is 18.2 Å². The normalized spacial score (nSPS) is 11.8. The van der Waals surface area contributed by atoms with Crippen LogP contribution in [0.1, 0.15) is 17.4 Å². The van der Waals surface area contributed by atoms with Crippen molar-refractivity contribution >= 4 is 34.2 Å². The van der Waals surface area contributed by atoms with Crippen molar-refractivity contribution in [2.45, 2.75) is 13.0 Å². The van der Waals surface area contributed by atoms with Gasteiger partial charge in [-0.2, -0.15) is 0 Å². The predicted molar refractivity (Wildman–Crippen MR) is 92.7 cm³/mol. The molecule has 2 heterocycles. The molecule has 7 heteroatoms. The zero-order valence-corrected chi connectivity index (χ0v) is 13.8. The molecule has 0 fully saturated rings. The van der Waals surface area contributed by atoms with Crippen LogP contribution in [0.4, 0.5) is 11.4 Å². The molecule has 0 radical (unpaired) electrons. The molecule has 1 aromatic carbocycles. The molecule has 128 valence electrons. The van der Waals surface area contributed by atoms with Gasteiger partial charge in [-0.3, -0.25) is 4.98 Å². The van der Waals surface area contributed by atoms with E-state index in [4.69, 9.17) is 4.74 Å². The quantitative estimate of drug-likeness (QED) is 0.694. The third kappa shape index (κ3) is 3.45. The largest absolute Gasteiger partial charge is 0.466 e. The van der Waals surface area contributed by atoms with Gasteiger partial charge in [0.15, 0.2) is 6.10 Å². The molecule has 7 nitrogen and oxygen atoms in total. The maximum Gasteiger partial charge on any atom is 0.357 e. The molecule has 0 spiro atoms. The number of esters is 2. The summed E-state index contributed by atoms with van der Waals surface area (Å²) in [6.07, 6.45) is 2.29. The van der Waals surface area contributed by atoms with Crippen LogP contribution in [0.5, 0.6) is 0 Å². The van der Waals surface area contributed by atoms with Crippen LogP contribution in [0.15, 0.2) is 48.8 Å². The number of para-hydroxylation sites is 1. The minimum absolute atomic E-state index is 0.230. The fourth-order valence-corrected chi connectivity index (χ4v) is 2.44. The number of benzene rings is 1. The molecule has 3 rings (SSSR count). The number of carbonyl (C=O) groups is 2. The number of anilines is 2. The Balaban J connectivity index is 1.98. The number of methoxy groups -OCH3 is 1. The van der Waals surface area contributed by atoms with E-state index in [-0.39, 0.29) is 5.69 Å². The summed E-state index contributed by atoms with van der Waals surface area (Å²) in [5.41, 5.74) is 2.35. The van der Waals surface area contributed by atoms with Crippen LogP contribution in [0.2, 0.25) is 0 Å². The molecule has 0 bridgehead atoms. The summed E-state index contributed by atoms with van der Waals surface area (Å²) < 4.78 is 9.78. The number of H-pyrrole nitrogens is 1. The van der Waals surface area contributed by atoms with E-state index < -0.39 is 18.0 Å². The van der Waals surface area contributed by atoms with Crippen molar-refractivity contribution in [3.8, 4) is 0 Å². The third-order valence-electron chi connectivity index (χ3n) is 3.68. The average molecular weight is 339 g/mol. The average Bonchev–Trinajstić information content (AvgIpc) is 3.00. The highest BCUT2D eigenvalue weighted by atomic mass is 16.6. The maximum atomic E-state index is 12.5. The number of nitrogens with one attached hydrogen (secondary N) is 2. The lowest BCUT2D eigenvalue weighted by atomic mass is 10.2. The van der Waals surface area contributed by atoms with Gasteiger partial charge in [0.05, 0.1) is 12.8 Å². The number of hydrogen-bond acceptors (Lipinski definition) is 6. The molecular weight excluding hydrogens is 322 g/mol. The van der Waals surface area contributed by atoms with Crippen LogP contribution in [0.3, 0.4) is 0 Å². The van der Waals surface area contributed by atoms with E-state index in [1.165, 1.54) is 14.0 Å². The second-order valence-electron chi connectivity index (χ2n) is 5.35. The predicted octanol–water partition coefficient (Wildman–Crippen LogP) is 3.02.